The van der Waals surface area contributed by atoms with Gasteiger partial charge in [0, 0.05) is 30.9 Å². The zero-order chi connectivity index (χ0) is 23.1. The molecule has 1 aromatic heterocycles. The molecule has 7 nitrogen and oxygen atoms in total. The zero-order valence-corrected chi connectivity index (χ0v) is 20.3. The zero-order valence-electron chi connectivity index (χ0n) is 19.4. The average molecular weight is 462 g/mol. The molecule has 0 spiro atoms. The lowest BCUT2D eigenvalue weighted by Gasteiger charge is -2.31. The molecule has 8 heteroatoms. The van der Waals surface area contributed by atoms with Crippen LogP contribution >= 0.6 is 0 Å². The smallest absolute Gasteiger partial charge is 0.243 e. The second-order valence-corrected chi connectivity index (χ2v) is 11.9. The van der Waals surface area contributed by atoms with Crippen molar-refractivity contribution in [2.75, 3.05) is 26.3 Å². The third kappa shape index (κ3) is 4.45. The van der Waals surface area contributed by atoms with E-state index in [1.165, 1.54) is 11.3 Å². The van der Waals surface area contributed by atoms with E-state index >= 15 is 0 Å². The predicted molar refractivity (Wildman–Crippen MR) is 125 cm³/mol. The van der Waals surface area contributed by atoms with E-state index in [1.807, 2.05) is 13.0 Å². The van der Waals surface area contributed by atoms with Crippen molar-refractivity contribution in [1.82, 2.24) is 8.87 Å². The number of aromatic nitrogens is 1. The average Bonchev–Trinajstić information content (AvgIpc) is 2.98. The van der Waals surface area contributed by atoms with Gasteiger partial charge in [0.05, 0.1) is 18.1 Å². The monoisotopic (exact) mass is 461 g/mol. The Morgan fingerprint density at radius 2 is 1.88 bits per heavy atom. The number of hydrogen-bond donors (Lipinski definition) is 1. The summed E-state index contributed by atoms with van der Waals surface area (Å²) < 4.78 is 35.9. The van der Waals surface area contributed by atoms with Gasteiger partial charge in [0.1, 0.15) is 6.54 Å². The van der Waals surface area contributed by atoms with Crippen LogP contribution in [-0.4, -0.2) is 49.5 Å². The SMILES string of the molecule is Cc1c(CC2=CCCC=C2S(=O)(=O)N2CCOCC2)c2c(n1CC(N)=O)CC(C)(C)CC2. The lowest BCUT2D eigenvalue weighted by molar-refractivity contribution is -0.118. The number of carbonyl (C=O) groups is 1. The molecule has 3 aliphatic rings. The molecule has 1 fully saturated rings. The van der Waals surface area contributed by atoms with Crippen LogP contribution in [0.25, 0.3) is 0 Å². The summed E-state index contributed by atoms with van der Waals surface area (Å²) in [5.41, 5.74) is 11.3. The van der Waals surface area contributed by atoms with Crippen LogP contribution in [0.15, 0.2) is 22.6 Å². The van der Waals surface area contributed by atoms with Crippen molar-refractivity contribution in [1.29, 1.82) is 0 Å². The number of sulfonamides is 1. The molecular weight excluding hydrogens is 426 g/mol. The lowest BCUT2D eigenvalue weighted by Crippen LogP contribution is -2.41. The van der Waals surface area contributed by atoms with Gasteiger partial charge in [-0.15, -0.1) is 0 Å². The standard InChI is InChI=1S/C24H35N3O4S/c1-17-20(19-8-9-24(2,3)15-21(19)27(17)16-23(25)28)14-18-6-4-5-7-22(18)32(29,30)26-10-12-31-13-11-26/h6-7H,4-5,8-16H2,1-3H3,(H2,25,28). The number of allylic oxidation sites excluding steroid dienone is 3. The van der Waals surface area contributed by atoms with Gasteiger partial charge in [-0.1, -0.05) is 26.0 Å². The Kier molecular flexibility index (Phi) is 6.40. The minimum absolute atomic E-state index is 0.165. The van der Waals surface area contributed by atoms with Crippen LogP contribution in [0.5, 0.6) is 0 Å². The summed E-state index contributed by atoms with van der Waals surface area (Å²) in [6, 6.07) is 0. The van der Waals surface area contributed by atoms with E-state index in [4.69, 9.17) is 10.5 Å². The summed E-state index contributed by atoms with van der Waals surface area (Å²) in [6.07, 6.45) is 9.00. The molecule has 0 radical (unpaired) electrons. The number of fused-ring (bicyclic) bond motifs is 1. The number of primary amides is 1. The number of hydrogen-bond acceptors (Lipinski definition) is 4. The number of amides is 1. The fourth-order valence-corrected chi connectivity index (χ4v) is 7.00. The summed E-state index contributed by atoms with van der Waals surface area (Å²) in [5.74, 6) is -0.354. The van der Waals surface area contributed by atoms with Crippen LogP contribution in [0.3, 0.4) is 0 Å². The summed E-state index contributed by atoms with van der Waals surface area (Å²) >= 11 is 0. The summed E-state index contributed by atoms with van der Waals surface area (Å²) in [7, 11) is -3.55. The van der Waals surface area contributed by atoms with Gasteiger partial charge in [-0.25, -0.2) is 8.42 Å². The fourth-order valence-electron chi connectivity index (χ4n) is 5.28. The highest BCUT2D eigenvalue weighted by atomic mass is 32.2. The summed E-state index contributed by atoms with van der Waals surface area (Å²) in [4.78, 5) is 12.3. The second kappa shape index (κ2) is 8.80. The Morgan fingerprint density at radius 3 is 2.56 bits per heavy atom. The van der Waals surface area contributed by atoms with Gasteiger partial charge in [-0.05, 0) is 61.1 Å². The number of morpholine rings is 1. The lowest BCUT2D eigenvalue weighted by atomic mass is 9.75. The van der Waals surface area contributed by atoms with Crippen molar-refractivity contribution in [3.8, 4) is 0 Å². The van der Waals surface area contributed by atoms with Crippen LogP contribution in [0.2, 0.25) is 0 Å². The van der Waals surface area contributed by atoms with Gasteiger partial charge in [0.2, 0.25) is 15.9 Å². The van der Waals surface area contributed by atoms with Crippen LogP contribution in [0.1, 0.15) is 55.6 Å². The molecule has 1 saturated heterocycles. The third-order valence-corrected chi connectivity index (χ3v) is 9.08. The van der Waals surface area contributed by atoms with Crippen molar-refractivity contribution in [3.63, 3.8) is 0 Å². The van der Waals surface area contributed by atoms with Crippen molar-refractivity contribution in [3.05, 3.63) is 45.1 Å². The van der Waals surface area contributed by atoms with Gasteiger partial charge < -0.3 is 15.0 Å². The molecule has 1 amide bonds. The Bertz CT molecular complexity index is 1070. The van der Waals surface area contributed by atoms with Crippen LogP contribution < -0.4 is 5.73 Å². The van der Waals surface area contributed by atoms with E-state index < -0.39 is 10.0 Å². The van der Waals surface area contributed by atoms with Gasteiger partial charge in [-0.2, -0.15) is 4.31 Å². The first-order valence-corrected chi connectivity index (χ1v) is 13.0. The Hall–Kier alpha value is -1.90. The van der Waals surface area contributed by atoms with Crippen LogP contribution in [0, 0.1) is 12.3 Å². The van der Waals surface area contributed by atoms with E-state index in [1.54, 1.807) is 4.31 Å². The second-order valence-electron chi connectivity index (χ2n) is 9.95. The molecule has 0 unspecified atom stereocenters. The molecule has 2 N–H and O–H groups in total. The summed E-state index contributed by atoms with van der Waals surface area (Å²) in [6.45, 7) is 8.37. The van der Waals surface area contributed by atoms with Crippen molar-refractivity contribution >= 4 is 15.9 Å². The largest absolute Gasteiger partial charge is 0.379 e. The maximum absolute atomic E-state index is 13.4. The maximum atomic E-state index is 13.4. The van der Waals surface area contributed by atoms with E-state index in [0.717, 1.165) is 48.9 Å². The number of nitrogens with two attached hydrogens (primary N) is 1. The first kappa shape index (κ1) is 23.3. The van der Waals surface area contributed by atoms with Crippen molar-refractivity contribution in [2.45, 2.75) is 65.8 Å². The van der Waals surface area contributed by atoms with Gasteiger partial charge in [0.25, 0.3) is 0 Å². The molecule has 32 heavy (non-hydrogen) atoms. The quantitative estimate of drug-likeness (QED) is 0.705. The molecule has 4 rings (SSSR count). The molecule has 176 valence electrons. The molecule has 2 heterocycles. The van der Waals surface area contributed by atoms with E-state index in [2.05, 4.69) is 24.5 Å². The van der Waals surface area contributed by atoms with Gasteiger partial charge in [-0.3, -0.25) is 4.79 Å². The van der Waals surface area contributed by atoms with Gasteiger partial charge in [0.15, 0.2) is 0 Å². The first-order valence-electron chi connectivity index (χ1n) is 11.6. The Balaban J connectivity index is 1.70. The maximum Gasteiger partial charge on any atom is 0.243 e. The number of rotatable bonds is 6. The normalized spacial score (nSPS) is 21.6. The van der Waals surface area contributed by atoms with Gasteiger partial charge >= 0.3 is 0 Å². The van der Waals surface area contributed by atoms with E-state index in [-0.39, 0.29) is 17.9 Å². The number of ether oxygens (including phenoxy) is 1. The fraction of sp³-hybridized carbons (Fsp3) is 0.625. The Morgan fingerprint density at radius 1 is 1.19 bits per heavy atom. The highest BCUT2D eigenvalue weighted by Crippen LogP contribution is 2.40. The molecule has 0 atom stereocenters. The topological polar surface area (TPSA) is 94.6 Å². The number of nitrogens with zero attached hydrogens (tertiary/aromatic N) is 2. The molecule has 2 aliphatic carbocycles. The molecule has 0 saturated carbocycles. The van der Waals surface area contributed by atoms with Crippen LogP contribution in [0.4, 0.5) is 0 Å². The number of carbonyl (C=O) groups excluding carboxylic acids is 1. The van der Waals surface area contributed by atoms with Crippen molar-refractivity contribution < 1.29 is 17.9 Å². The highest BCUT2D eigenvalue weighted by Gasteiger charge is 2.35. The Labute approximate surface area is 191 Å². The first-order chi connectivity index (χ1) is 15.1. The predicted octanol–water partition coefficient (Wildman–Crippen LogP) is 2.61. The minimum atomic E-state index is -3.55. The van der Waals surface area contributed by atoms with Crippen LogP contribution in [-0.2, 0) is 45.4 Å². The molecular formula is C24H35N3O4S. The van der Waals surface area contributed by atoms with Crippen molar-refractivity contribution in [2.24, 2.45) is 11.1 Å². The highest BCUT2D eigenvalue weighted by molar-refractivity contribution is 7.93. The summed E-state index contributed by atoms with van der Waals surface area (Å²) in [5, 5.41) is 0. The molecule has 0 aromatic carbocycles. The molecule has 0 bridgehead atoms. The van der Waals surface area contributed by atoms with E-state index in [0.29, 0.717) is 37.6 Å². The molecule has 1 aromatic rings. The van der Waals surface area contributed by atoms with E-state index in [9.17, 15) is 13.2 Å². The minimum Gasteiger partial charge on any atom is -0.379 e. The molecule has 1 aliphatic heterocycles. The third-order valence-electron chi connectivity index (χ3n) is 7.05.